The van der Waals surface area contributed by atoms with Crippen molar-refractivity contribution in [2.24, 2.45) is 0 Å². The van der Waals surface area contributed by atoms with Gasteiger partial charge in [-0.2, -0.15) is 0 Å². The average Bonchev–Trinajstić information content (AvgIpc) is 2.24. The second-order valence-corrected chi connectivity index (χ2v) is 5.22. The number of hydrogen-bond acceptors (Lipinski definition) is 2. The van der Waals surface area contributed by atoms with Gasteiger partial charge in [0.15, 0.2) is 0 Å². The molecule has 0 radical (unpaired) electrons. The lowest BCUT2D eigenvalue weighted by Gasteiger charge is -2.38. The van der Waals surface area contributed by atoms with Gasteiger partial charge in [0.2, 0.25) is 0 Å². The molecule has 1 saturated heterocycles. The van der Waals surface area contributed by atoms with Crippen molar-refractivity contribution in [2.45, 2.75) is 38.5 Å². The molecular formula is C13H18ClNO. The molecule has 88 valence electrons. The topological polar surface area (TPSA) is 22.1 Å². The number of unbranched alkanes of at least 4 members (excludes halogenated alkanes) is 1. The van der Waals surface area contributed by atoms with Crippen LogP contribution in [0, 0.1) is 0 Å². The van der Waals surface area contributed by atoms with Gasteiger partial charge in [0.05, 0.1) is 23.9 Å². The molecule has 0 aliphatic carbocycles. The number of aromatic nitrogens is 1. The second kappa shape index (κ2) is 4.72. The van der Waals surface area contributed by atoms with Gasteiger partial charge in [0.1, 0.15) is 0 Å². The van der Waals surface area contributed by atoms with Gasteiger partial charge in [-0.05, 0) is 24.5 Å². The van der Waals surface area contributed by atoms with Crippen molar-refractivity contribution in [3.63, 3.8) is 0 Å². The number of pyridine rings is 1. The first-order valence-electron chi connectivity index (χ1n) is 5.88. The third kappa shape index (κ3) is 2.23. The first kappa shape index (κ1) is 11.9. The predicted octanol–water partition coefficient (Wildman–Crippen LogP) is 3.37. The highest BCUT2D eigenvalue weighted by Gasteiger charge is 2.35. The van der Waals surface area contributed by atoms with E-state index in [-0.39, 0.29) is 5.41 Å². The van der Waals surface area contributed by atoms with Gasteiger partial charge >= 0.3 is 0 Å². The lowest BCUT2D eigenvalue weighted by molar-refractivity contribution is -0.0501. The average molecular weight is 240 g/mol. The van der Waals surface area contributed by atoms with Crippen LogP contribution < -0.4 is 0 Å². The number of ether oxygens (including phenoxy) is 1. The molecule has 2 rings (SSSR count). The van der Waals surface area contributed by atoms with Crippen LogP contribution in [0.4, 0.5) is 0 Å². The Morgan fingerprint density at radius 3 is 2.75 bits per heavy atom. The summed E-state index contributed by atoms with van der Waals surface area (Å²) in [6.45, 7) is 5.92. The van der Waals surface area contributed by atoms with E-state index in [1.807, 2.05) is 6.20 Å². The van der Waals surface area contributed by atoms with E-state index in [4.69, 9.17) is 16.3 Å². The standard InChI is InChI=1S/C13H18ClNO/c1-3-4-5-12-11(14)6-10(7-15-12)13(2)8-16-9-13/h6-7H,3-5,8-9H2,1-2H3. The molecule has 0 atom stereocenters. The predicted molar refractivity (Wildman–Crippen MR) is 66.0 cm³/mol. The number of halogens is 1. The molecule has 0 aromatic carbocycles. The normalized spacial score (nSPS) is 18.2. The van der Waals surface area contributed by atoms with E-state index in [2.05, 4.69) is 24.9 Å². The minimum atomic E-state index is 0.125. The highest BCUT2D eigenvalue weighted by Crippen LogP contribution is 2.33. The van der Waals surface area contributed by atoms with E-state index in [9.17, 15) is 0 Å². The summed E-state index contributed by atoms with van der Waals surface area (Å²) < 4.78 is 5.26. The molecule has 1 aromatic heterocycles. The van der Waals surface area contributed by atoms with Crippen LogP contribution in [-0.4, -0.2) is 18.2 Å². The molecule has 2 heterocycles. The van der Waals surface area contributed by atoms with Crippen molar-refractivity contribution in [3.8, 4) is 0 Å². The van der Waals surface area contributed by atoms with Crippen LogP contribution in [0.1, 0.15) is 37.9 Å². The van der Waals surface area contributed by atoms with Crippen LogP contribution in [0.3, 0.4) is 0 Å². The first-order chi connectivity index (χ1) is 7.65. The second-order valence-electron chi connectivity index (χ2n) is 4.81. The third-order valence-electron chi connectivity index (χ3n) is 3.22. The highest BCUT2D eigenvalue weighted by molar-refractivity contribution is 6.31. The van der Waals surface area contributed by atoms with Gasteiger partial charge in [-0.3, -0.25) is 4.98 Å². The fraction of sp³-hybridized carbons (Fsp3) is 0.615. The molecule has 0 N–H and O–H groups in total. The molecule has 1 aliphatic rings. The molecule has 2 nitrogen and oxygen atoms in total. The van der Waals surface area contributed by atoms with Gasteiger partial charge in [0, 0.05) is 11.6 Å². The third-order valence-corrected chi connectivity index (χ3v) is 3.55. The highest BCUT2D eigenvalue weighted by atomic mass is 35.5. The zero-order valence-corrected chi connectivity index (χ0v) is 10.7. The van der Waals surface area contributed by atoms with Gasteiger partial charge < -0.3 is 4.74 Å². The monoisotopic (exact) mass is 239 g/mol. The summed E-state index contributed by atoms with van der Waals surface area (Å²) in [6.07, 6.45) is 5.25. The van der Waals surface area contributed by atoms with Gasteiger partial charge in [0.25, 0.3) is 0 Å². The van der Waals surface area contributed by atoms with E-state index < -0.39 is 0 Å². The van der Waals surface area contributed by atoms with E-state index in [0.717, 1.165) is 36.8 Å². The van der Waals surface area contributed by atoms with Crippen molar-refractivity contribution in [1.29, 1.82) is 0 Å². The summed E-state index contributed by atoms with van der Waals surface area (Å²) in [6, 6.07) is 2.06. The number of aryl methyl sites for hydroxylation is 1. The van der Waals surface area contributed by atoms with Crippen LogP contribution in [0.25, 0.3) is 0 Å². The molecular weight excluding hydrogens is 222 g/mol. The molecule has 0 spiro atoms. The molecule has 1 aliphatic heterocycles. The van der Waals surface area contributed by atoms with Crippen LogP contribution in [0.2, 0.25) is 5.02 Å². The Bertz CT molecular complexity index is 374. The van der Waals surface area contributed by atoms with E-state index in [1.54, 1.807) is 0 Å². The number of nitrogens with zero attached hydrogens (tertiary/aromatic N) is 1. The molecule has 3 heteroatoms. The summed E-state index contributed by atoms with van der Waals surface area (Å²) >= 11 is 6.25. The van der Waals surface area contributed by atoms with E-state index >= 15 is 0 Å². The van der Waals surface area contributed by atoms with Crippen LogP contribution >= 0.6 is 11.6 Å². The van der Waals surface area contributed by atoms with E-state index in [0.29, 0.717) is 0 Å². The molecule has 0 saturated carbocycles. The summed E-state index contributed by atoms with van der Waals surface area (Å²) in [5, 5.41) is 0.805. The van der Waals surface area contributed by atoms with Crippen LogP contribution in [0.5, 0.6) is 0 Å². The van der Waals surface area contributed by atoms with E-state index in [1.165, 1.54) is 12.0 Å². The first-order valence-corrected chi connectivity index (χ1v) is 6.26. The Morgan fingerprint density at radius 2 is 2.25 bits per heavy atom. The maximum absolute atomic E-state index is 6.25. The zero-order chi connectivity index (χ0) is 11.6. The van der Waals surface area contributed by atoms with Crippen molar-refractivity contribution >= 4 is 11.6 Å². The van der Waals surface area contributed by atoms with Gasteiger partial charge in [-0.15, -0.1) is 0 Å². The fourth-order valence-corrected chi connectivity index (χ4v) is 2.16. The minimum Gasteiger partial charge on any atom is -0.379 e. The molecule has 16 heavy (non-hydrogen) atoms. The quantitative estimate of drug-likeness (QED) is 0.804. The molecule has 0 unspecified atom stereocenters. The summed E-state index contributed by atoms with van der Waals surface area (Å²) in [5.74, 6) is 0. The Kier molecular flexibility index (Phi) is 3.50. The van der Waals surface area contributed by atoms with Gasteiger partial charge in [-0.25, -0.2) is 0 Å². The fourth-order valence-electron chi connectivity index (χ4n) is 1.90. The van der Waals surface area contributed by atoms with Crippen molar-refractivity contribution < 1.29 is 4.74 Å². The number of rotatable bonds is 4. The lowest BCUT2D eigenvalue weighted by Crippen LogP contribution is -2.43. The minimum absolute atomic E-state index is 0.125. The maximum atomic E-state index is 6.25. The smallest absolute Gasteiger partial charge is 0.0624 e. The zero-order valence-electron chi connectivity index (χ0n) is 9.92. The van der Waals surface area contributed by atoms with Crippen molar-refractivity contribution in [3.05, 3.63) is 28.5 Å². The van der Waals surface area contributed by atoms with Gasteiger partial charge in [-0.1, -0.05) is 31.9 Å². The van der Waals surface area contributed by atoms with Crippen LogP contribution in [0.15, 0.2) is 12.3 Å². The molecule has 0 bridgehead atoms. The SMILES string of the molecule is CCCCc1ncc(C2(C)COC2)cc1Cl. The number of hydrogen-bond donors (Lipinski definition) is 0. The molecule has 1 aromatic rings. The lowest BCUT2D eigenvalue weighted by atomic mass is 9.81. The van der Waals surface area contributed by atoms with Crippen molar-refractivity contribution in [2.75, 3.05) is 13.2 Å². The summed E-state index contributed by atoms with van der Waals surface area (Å²) in [5.41, 5.74) is 2.35. The van der Waals surface area contributed by atoms with Crippen LogP contribution in [-0.2, 0) is 16.6 Å². The molecule has 1 fully saturated rings. The Hall–Kier alpha value is -0.600. The maximum Gasteiger partial charge on any atom is 0.0624 e. The Labute approximate surface area is 102 Å². The largest absolute Gasteiger partial charge is 0.379 e. The Balaban J connectivity index is 2.15. The van der Waals surface area contributed by atoms with Crippen molar-refractivity contribution in [1.82, 2.24) is 4.98 Å². The molecule has 0 amide bonds. The summed E-state index contributed by atoms with van der Waals surface area (Å²) in [4.78, 5) is 4.48. The Morgan fingerprint density at radius 1 is 1.50 bits per heavy atom. The summed E-state index contributed by atoms with van der Waals surface area (Å²) in [7, 11) is 0.